The third-order valence-corrected chi connectivity index (χ3v) is 5.99. The number of hydrogen-bond donors (Lipinski definition) is 3. The number of aliphatic hydroxyl groups excluding tert-OH is 2. The van der Waals surface area contributed by atoms with Crippen LogP contribution in [0.5, 0.6) is 0 Å². The van der Waals surface area contributed by atoms with Crippen molar-refractivity contribution < 1.29 is 20.1 Å². The Kier molecular flexibility index (Phi) is 2.50. The summed E-state index contributed by atoms with van der Waals surface area (Å²) in [5, 5.41) is 30.3. The summed E-state index contributed by atoms with van der Waals surface area (Å²) >= 11 is 0. The highest BCUT2D eigenvalue weighted by molar-refractivity contribution is 5.90. The van der Waals surface area contributed by atoms with Crippen molar-refractivity contribution in [3.05, 3.63) is 11.1 Å². The third kappa shape index (κ3) is 1.44. The highest BCUT2D eigenvalue weighted by atomic mass is 16.4. The Labute approximate surface area is 113 Å². The molecule has 3 N–H and O–H groups in total. The zero-order valence-electron chi connectivity index (χ0n) is 11.7. The smallest absolute Gasteiger partial charge is 0.334 e. The van der Waals surface area contributed by atoms with Crippen molar-refractivity contribution in [1.29, 1.82) is 0 Å². The first-order valence-corrected chi connectivity index (χ1v) is 7.03. The number of carboxylic acid groups (broad SMARTS) is 1. The fraction of sp³-hybridized carbons (Fsp3) is 0.800. The minimum absolute atomic E-state index is 0.133. The topological polar surface area (TPSA) is 77.8 Å². The molecule has 0 saturated heterocycles. The van der Waals surface area contributed by atoms with Crippen molar-refractivity contribution in [3.63, 3.8) is 0 Å². The Morgan fingerprint density at radius 2 is 1.89 bits per heavy atom. The van der Waals surface area contributed by atoms with Crippen molar-refractivity contribution in [2.45, 2.75) is 52.2 Å². The number of allylic oxidation sites excluding steroid dienone is 1. The van der Waals surface area contributed by atoms with Gasteiger partial charge in [0.1, 0.15) is 0 Å². The summed E-state index contributed by atoms with van der Waals surface area (Å²) in [6, 6.07) is 0. The SMILES string of the molecule is CC1(C)C[C@H]2[C@H]([C@H](O)C(C(=O)O)=C3CC[C@@]32C)[C@H]1O. The molecule has 0 aliphatic heterocycles. The number of fused-ring (bicyclic) bond motifs is 3. The summed E-state index contributed by atoms with van der Waals surface area (Å²) in [7, 11) is 0. The van der Waals surface area contributed by atoms with E-state index in [-0.39, 0.29) is 28.2 Å². The lowest BCUT2D eigenvalue weighted by Crippen LogP contribution is -2.52. The second-order valence-electron chi connectivity index (χ2n) is 7.38. The quantitative estimate of drug-likeness (QED) is 0.673. The van der Waals surface area contributed by atoms with E-state index in [9.17, 15) is 20.1 Å². The first-order chi connectivity index (χ1) is 8.70. The van der Waals surface area contributed by atoms with Gasteiger partial charge in [-0.15, -0.1) is 0 Å². The van der Waals surface area contributed by atoms with Crippen molar-refractivity contribution in [1.82, 2.24) is 0 Å². The largest absolute Gasteiger partial charge is 0.478 e. The molecular weight excluding hydrogens is 244 g/mol. The normalized spacial score (nSPS) is 47.4. The van der Waals surface area contributed by atoms with Gasteiger partial charge in [0.2, 0.25) is 0 Å². The molecule has 4 heteroatoms. The molecule has 4 nitrogen and oxygen atoms in total. The molecule has 0 aromatic heterocycles. The second-order valence-corrected chi connectivity index (χ2v) is 7.38. The van der Waals surface area contributed by atoms with Crippen LogP contribution in [0.15, 0.2) is 11.1 Å². The number of aliphatic hydroxyl groups is 2. The summed E-state index contributed by atoms with van der Waals surface area (Å²) in [5.41, 5.74) is 0.686. The van der Waals surface area contributed by atoms with E-state index < -0.39 is 18.2 Å². The molecular formula is C15H22O4. The van der Waals surface area contributed by atoms with E-state index in [2.05, 4.69) is 6.92 Å². The van der Waals surface area contributed by atoms with E-state index in [1.807, 2.05) is 13.8 Å². The summed E-state index contributed by atoms with van der Waals surface area (Å²) in [4.78, 5) is 11.5. The molecule has 2 saturated carbocycles. The molecule has 3 aliphatic rings. The molecule has 0 radical (unpaired) electrons. The maximum atomic E-state index is 11.5. The zero-order valence-corrected chi connectivity index (χ0v) is 11.7. The predicted octanol–water partition coefficient (Wildman–Crippen LogP) is 1.57. The van der Waals surface area contributed by atoms with Gasteiger partial charge >= 0.3 is 5.97 Å². The van der Waals surface area contributed by atoms with Gasteiger partial charge in [0.15, 0.2) is 0 Å². The number of hydrogen-bond acceptors (Lipinski definition) is 3. The average molecular weight is 266 g/mol. The second kappa shape index (κ2) is 3.61. The number of carboxylic acids is 1. The first-order valence-electron chi connectivity index (χ1n) is 7.03. The van der Waals surface area contributed by atoms with Crippen molar-refractivity contribution >= 4 is 5.97 Å². The van der Waals surface area contributed by atoms with Crippen LogP contribution in [0, 0.1) is 22.7 Å². The molecule has 0 aromatic rings. The van der Waals surface area contributed by atoms with Gasteiger partial charge in [0.25, 0.3) is 0 Å². The molecule has 0 aromatic carbocycles. The summed E-state index contributed by atoms with van der Waals surface area (Å²) in [6.45, 7) is 6.11. The number of rotatable bonds is 1. The molecule has 5 atom stereocenters. The van der Waals surface area contributed by atoms with Crippen LogP contribution in [0.25, 0.3) is 0 Å². The fourth-order valence-corrected chi connectivity index (χ4v) is 4.73. The Bertz CT molecular complexity index is 479. The molecule has 2 fully saturated rings. The standard InChI is InChI=1S/C15H22O4/c1-14(2)6-8-9(12(14)17)11(16)10(13(18)19)7-4-5-15(7,8)3/h8-9,11-12,16-17H,4-6H2,1-3H3,(H,18,19)/t8-,9+,11-,12+,15-/m0/s1. The molecule has 3 rings (SSSR count). The number of aliphatic carboxylic acids is 1. The van der Waals surface area contributed by atoms with Gasteiger partial charge in [-0.05, 0) is 36.0 Å². The van der Waals surface area contributed by atoms with E-state index in [0.29, 0.717) is 0 Å². The monoisotopic (exact) mass is 266 g/mol. The van der Waals surface area contributed by atoms with E-state index in [1.165, 1.54) is 0 Å². The van der Waals surface area contributed by atoms with Crippen LogP contribution in [0.3, 0.4) is 0 Å². The van der Waals surface area contributed by atoms with Gasteiger partial charge in [0.05, 0.1) is 17.8 Å². The maximum Gasteiger partial charge on any atom is 0.334 e. The summed E-state index contributed by atoms with van der Waals surface area (Å²) < 4.78 is 0. The van der Waals surface area contributed by atoms with Gasteiger partial charge in [0, 0.05) is 5.92 Å². The molecule has 0 heterocycles. The van der Waals surface area contributed by atoms with E-state index in [4.69, 9.17) is 0 Å². The van der Waals surface area contributed by atoms with Crippen LogP contribution in [0.4, 0.5) is 0 Å². The lowest BCUT2D eigenvalue weighted by Gasteiger charge is -2.54. The summed E-state index contributed by atoms with van der Waals surface area (Å²) in [5.74, 6) is -1.17. The van der Waals surface area contributed by atoms with Gasteiger partial charge < -0.3 is 15.3 Å². The van der Waals surface area contributed by atoms with Gasteiger partial charge in [-0.25, -0.2) is 4.79 Å². The fourth-order valence-electron chi connectivity index (χ4n) is 4.73. The van der Waals surface area contributed by atoms with E-state index in [0.717, 1.165) is 24.8 Å². The van der Waals surface area contributed by atoms with E-state index in [1.54, 1.807) is 0 Å². The first kappa shape index (κ1) is 13.1. The maximum absolute atomic E-state index is 11.5. The van der Waals surface area contributed by atoms with Gasteiger partial charge in [-0.3, -0.25) is 0 Å². The molecule has 3 aliphatic carbocycles. The van der Waals surface area contributed by atoms with Crippen LogP contribution in [-0.4, -0.2) is 33.5 Å². The highest BCUT2D eigenvalue weighted by Gasteiger charge is 2.63. The predicted molar refractivity (Wildman–Crippen MR) is 69.4 cm³/mol. The van der Waals surface area contributed by atoms with Crippen molar-refractivity contribution in [2.75, 3.05) is 0 Å². The van der Waals surface area contributed by atoms with Gasteiger partial charge in [-0.1, -0.05) is 26.3 Å². The Hall–Kier alpha value is -0.870. The van der Waals surface area contributed by atoms with Crippen LogP contribution >= 0.6 is 0 Å². The Morgan fingerprint density at radius 1 is 1.26 bits per heavy atom. The lowest BCUT2D eigenvalue weighted by molar-refractivity contribution is -0.136. The van der Waals surface area contributed by atoms with Crippen LogP contribution in [0.2, 0.25) is 0 Å². The molecule has 19 heavy (non-hydrogen) atoms. The average Bonchev–Trinajstić information content (AvgIpc) is 2.53. The molecule has 106 valence electrons. The van der Waals surface area contributed by atoms with Crippen molar-refractivity contribution in [2.24, 2.45) is 22.7 Å². The minimum atomic E-state index is -1.03. The molecule has 0 bridgehead atoms. The Balaban J connectivity index is 2.12. The van der Waals surface area contributed by atoms with Crippen LogP contribution < -0.4 is 0 Å². The zero-order chi connectivity index (χ0) is 14.2. The highest BCUT2D eigenvalue weighted by Crippen LogP contribution is 2.66. The van der Waals surface area contributed by atoms with Gasteiger partial charge in [-0.2, -0.15) is 0 Å². The van der Waals surface area contributed by atoms with E-state index >= 15 is 0 Å². The lowest BCUT2D eigenvalue weighted by atomic mass is 9.50. The number of carbonyl (C=O) groups is 1. The third-order valence-electron chi connectivity index (χ3n) is 5.99. The summed E-state index contributed by atoms with van der Waals surface area (Å²) in [6.07, 6.45) is 0.927. The van der Waals surface area contributed by atoms with Crippen LogP contribution in [-0.2, 0) is 4.79 Å². The molecule has 0 unspecified atom stereocenters. The molecule has 0 spiro atoms. The molecule has 0 amide bonds. The van der Waals surface area contributed by atoms with Crippen LogP contribution in [0.1, 0.15) is 40.0 Å². The Morgan fingerprint density at radius 3 is 2.37 bits per heavy atom. The minimum Gasteiger partial charge on any atom is -0.478 e. The van der Waals surface area contributed by atoms with Crippen molar-refractivity contribution in [3.8, 4) is 0 Å².